The van der Waals surface area contributed by atoms with Crippen molar-refractivity contribution in [3.63, 3.8) is 0 Å². The Hall–Kier alpha value is -4.74. The number of nitrogens with one attached hydrogen (secondary N) is 6. The first-order valence-electron chi connectivity index (χ1n) is 15.8. The quantitative estimate of drug-likeness (QED) is 0.219. The fourth-order valence-corrected chi connectivity index (χ4v) is 5.56. The second-order valence-electron chi connectivity index (χ2n) is 11.7. The zero-order chi connectivity index (χ0) is 32.0. The average Bonchev–Trinajstić information content (AvgIpc) is 3.07. The van der Waals surface area contributed by atoms with E-state index in [0.29, 0.717) is 22.5 Å². The third-order valence-corrected chi connectivity index (χ3v) is 8.22. The molecule has 0 spiro atoms. The summed E-state index contributed by atoms with van der Waals surface area (Å²) < 4.78 is 0. The molecule has 2 saturated carbocycles. The van der Waals surface area contributed by atoms with Crippen LogP contribution in [0.3, 0.4) is 0 Å². The third-order valence-electron chi connectivity index (χ3n) is 8.22. The predicted molar refractivity (Wildman–Crippen MR) is 168 cm³/mol. The molecule has 0 radical (unpaired) electrons. The van der Waals surface area contributed by atoms with Crippen LogP contribution >= 0.6 is 0 Å². The van der Waals surface area contributed by atoms with Crippen molar-refractivity contribution in [3.05, 3.63) is 59.7 Å². The monoisotopic (exact) mass is 618 g/mol. The lowest BCUT2D eigenvalue weighted by atomic mass is 9.88. The normalized spacial score (nSPS) is 15.3. The van der Waals surface area contributed by atoms with Crippen LogP contribution in [0.4, 0.5) is 11.4 Å². The van der Waals surface area contributed by atoms with Crippen LogP contribution in [0.2, 0.25) is 0 Å². The number of rotatable bonds is 10. The zero-order valence-corrected chi connectivity index (χ0v) is 25.4. The standard InChI is InChI=1S/C33H42N6O6/c40-28(36-38-32(44)24-14-18-26(19-15-24)34-30(42)22-8-3-1-4-9-22)12-7-13-29(41)37-39-33(45)25-16-20-27(21-17-25)35-31(43)23-10-5-2-6-11-23/h14-23H,1-13H2,(H,34,42)(H,35,43)(H,36,40)(H,37,41)(H,38,44)(H,39,45). The molecule has 0 bridgehead atoms. The van der Waals surface area contributed by atoms with E-state index in [0.717, 1.165) is 51.4 Å². The van der Waals surface area contributed by atoms with E-state index in [2.05, 4.69) is 32.3 Å². The number of carbonyl (C=O) groups is 6. The van der Waals surface area contributed by atoms with Crippen molar-refractivity contribution < 1.29 is 28.8 Å². The van der Waals surface area contributed by atoms with E-state index in [1.54, 1.807) is 48.5 Å². The van der Waals surface area contributed by atoms with Crippen LogP contribution in [0.1, 0.15) is 104 Å². The second-order valence-corrected chi connectivity index (χ2v) is 11.7. The van der Waals surface area contributed by atoms with Gasteiger partial charge >= 0.3 is 0 Å². The van der Waals surface area contributed by atoms with Crippen molar-refractivity contribution in [2.24, 2.45) is 11.8 Å². The van der Waals surface area contributed by atoms with E-state index in [-0.39, 0.29) is 42.9 Å². The summed E-state index contributed by atoms with van der Waals surface area (Å²) in [5, 5.41) is 5.78. The lowest BCUT2D eigenvalue weighted by Gasteiger charge is -2.20. The summed E-state index contributed by atoms with van der Waals surface area (Å²) in [4.78, 5) is 73.8. The lowest BCUT2D eigenvalue weighted by Crippen LogP contribution is -2.42. The summed E-state index contributed by atoms with van der Waals surface area (Å²) in [6.07, 6.45) is 10.3. The van der Waals surface area contributed by atoms with Gasteiger partial charge in [0.15, 0.2) is 0 Å². The topological polar surface area (TPSA) is 175 Å². The molecule has 4 rings (SSSR count). The van der Waals surface area contributed by atoms with Crippen molar-refractivity contribution >= 4 is 46.8 Å². The van der Waals surface area contributed by atoms with Crippen LogP contribution in [0, 0.1) is 11.8 Å². The Morgan fingerprint density at radius 1 is 0.489 bits per heavy atom. The molecule has 0 unspecified atom stereocenters. The van der Waals surface area contributed by atoms with Gasteiger partial charge in [-0.15, -0.1) is 0 Å². The Morgan fingerprint density at radius 2 is 0.844 bits per heavy atom. The number of hydrogen-bond donors (Lipinski definition) is 6. The van der Waals surface area contributed by atoms with Gasteiger partial charge in [-0.3, -0.25) is 50.5 Å². The molecule has 45 heavy (non-hydrogen) atoms. The maximum absolute atomic E-state index is 12.4. The highest BCUT2D eigenvalue weighted by Gasteiger charge is 2.22. The molecule has 6 amide bonds. The Labute approximate surface area is 262 Å². The SMILES string of the molecule is O=C(CCCC(=O)NNC(=O)c1ccc(NC(=O)C2CCCCC2)cc1)NNC(=O)c1ccc(NC(=O)C2CCCCC2)cc1. The van der Waals surface area contributed by atoms with Crippen molar-refractivity contribution in [1.29, 1.82) is 0 Å². The van der Waals surface area contributed by atoms with E-state index in [4.69, 9.17) is 0 Å². The molecule has 2 aliphatic rings. The smallest absolute Gasteiger partial charge is 0.269 e. The van der Waals surface area contributed by atoms with Gasteiger partial charge in [0.25, 0.3) is 11.8 Å². The Balaban J connectivity index is 1.08. The molecule has 0 aliphatic heterocycles. The van der Waals surface area contributed by atoms with Crippen LogP contribution in [-0.4, -0.2) is 35.4 Å². The first kappa shape index (κ1) is 33.2. The fourth-order valence-electron chi connectivity index (χ4n) is 5.56. The molecule has 0 saturated heterocycles. The van der Waals surface area contributed by atoms with Crippen LogP contribution in [-0.2, 0) is 19.2 Å². The molecule has 0 heterocycles. The minimum Gasteiger partial charge on any atom is -0.326 e. The van der Waals surface area contributed by atoms with E-state index in [1.807, 2.05) is 0 Å². The summed E-state index contributed by atoms with van der Waals surface area (Å²) in [5.41, 5.74) is 11.1. The Morgan fingerprint density at radius 3 is 1.20 bits per heavy atom. The molecule has 2 aromatic carbocycles. The predicted octanol–water partition coefficient (Wildman–Crippen LogP) is 4.12. The summed E-state index contributed by atoms with van der Waals surface area (Å²) >= 11 is 0. The van der Waals surface area contributed by atoms with E-state index < -0.39 is 23.6 Å². The molecule has 0 atom stereocenters. The maximum Gasteiger partial charge on any atom is 0.269 e. The maximum atomic E-state index is 12.4. The van der Waals surface area contributed by atoms with Crippen molar-refractivity contribution in [1.82, 2.24) is 21.7 Å². The minimum absolute atomic E-state index is 0.00245. The molecular formula is C33H42N6O6. The van der Waals surface area contributed by atoms with Gasteiger partial charge in [-0.25, -0.2) is 0 Å². The average molecular weight is 619 g/mol. The van der Waals surface area contributed by atoms with Gasteiger partial charge in [0.1, 0.15) is 0 Å². The molecular weight excluding hydrogens is 576 g/mol. The number of amides is 6. The summed E-state index contributed by atoms with van der Waals surface area (Å²) in [7, 11) is 0. The fraction of sp³-hybridized carbons (Fsp3) is 0.455. The van der Waals surface area contributed by atoms with Crippen LogP contribution < -0.4 is 32.3 Å². The number of carbonyl (C=O) groups excluding carboxylic acids is 6. The van der Waals surface area contributed by atoms with Crippen molar-refractivity contribution in [2.45, 2.75) is 83.5 Å². The highest BCUT2D eigenvalue weighted by molar-refractivity contribution is 5.98. The van der Waals surface area contributed by atoms with Crippen molar-refractivity contribution in [2.75, 3.05) is 10.6 Å². The summed E-state index contributed by atoms with van der Waals surface area (Å²) in [6, 6.07) is 12.8. The van der Waals surface area contributed by atoms with Gasteiger partial charge < -0.3 is 10.6 Å². The number of anilines is 2. The Bertz CT molecular complexity index is 1250. The van der Waals surface area contributed by atoms with Gasteiger partial charge in [0.2, 0.25) is 23.6 Å². The summed E-state index contributed by atoms with van der Waals surface area (Å²) in [6.45, 7) is 0. The van der Waals surface area contributed by atoms with E-state index in [9.17, 15) is 28.8 Å². The third kappa shape index (κ3) is 10.7. The largest absolute Gasteiger partial charge is 0.326 e. The van der Waals surface area contributed by atoms with Gasteiger partial charge in [0.05, 0.1) is 0 Å². The molecule has 240 valence electrons. The molecule has 12 nitrogen and oxygen atoms in total. The highest BCUT2D eigenvalue weighted by atomic mass is 16.2. The molecule has 12 heteroatoms. The number of hydrazine groups is 2. The van der Waals surface area contributed by atoms with Gasteiger partial charge in [-0.1, -0.05) is 38.5 Å². The van der Waals surface area contributed by atoms with E-state index in [1.165, 1.54) is 12.8 Å². The minimum atomic E-state index is -0.520. The van der Waals surface area contributed by atoms with Crippen LogP contribution in [0.15, 0.2) is 48.5 Å². The first-order chi connectivity index (χ1) is 21.8. The van der Waals surface area contributed by atoms with Gasteiger partial charge in [-0.05, 0) is 80.6 Å². The first-order valence-corrected chi connectivity index (χ1v) is 15.8. The van der Waals surface area contributed by atoms with E-state index >= 15 is 0 Å². The number of benzene rings is 2. The Kier molecular flexibility index (Phi) is 12.5. The molecule has 2 fully saturated rings. The molecule has 2 aliphatic carbocycles. The second kappa shape index (κ2) is 16.9. The molecule has 2 aromatic rings. The van der Waals surface area contributed by atoms with Crippen LogP contribution in [0.25, 0.3) is 0 Å². The summed E-state index contributed by atoms with van der Waals surface area (Å²) in [5.74, 6) is -1.95. The lowest BCUT2D eigenvalue weighted by molar-refractivity contribution is -0.123. The van der Waals surface area contributed by atoms with Gasteiger partial charge in [-0.2, -0.15) is 0 Å². The molecule has 6 N–H and O–H groups in total. The zero-order valence-electron chi connectivity index (χ0n) is 25.4. The highest BCUT2D eigenvalue weighted by Crippen LogP contribution is 2.26. The van der Waals surface area contributed by atoms with Crippen molar-refractivity contribution in [3.8, 4) is 0 Å². The van der Waals surface area contributed by atoms with Crippen LogP contribution in [0.5, 0.6) is 0 Å². The van der Waals surface area contributed by atoms with Gasteiger partial charge in [0, 0.05) is 47.2 Å². The number of hydrogen-bond acceptors (Lipinski definition) is 6. The molecule has 0 aromatic heterocycles.